The second-order valence-electron chi connectivity index (χ2n) is 5.04. The van der Waals surface area contributed by atoms with E-state index < -0.39 is 0 Å². The predicted octanol–water partition coefficient (Wildman–Crippen LogP) is 3.00. The lowest BCUT2D eigenvalue weighted by molar-refractivity contribution is -0.120. The Kier molecular flexibility index (Phi) is 6.19. The molecule has 0 aliphatic heterocycles. The third-order valence-corrected chi connectivity index (χ3v) is 3.21. The highest BCUT2D eigenvalue weighted by Crippen LogP contribution is 2.26. The van der Waals surface area contributed by atoms with Crippen molar-refractivity contribution in [3.8, 4) is 11.5 Å². The second-order valence-corrected chi connectivity index (χ2v) is 5.04. The number of ether oxygens (including phenoxy) is 2. The zero-order valence-corrected chi connectivity index (χ0v) is 13.9. The number of oxime groups is 1. The maximum Gasteiger partial charge on any atom is 0.265 e. The number of hydrogen-bond donors (Lipinski definition) is 1. The highest BCUT2D eigenvalue weighted by atomic mass is 16.6. The van der Waals surface area contributed by atoms with Gasteiger partial charge in [0.1, 0.15) is 0 Å². The summed E-state index contributed by atoms with van der Waals surface area (Å²) in [5.74, 6) is 0.954. The first-order valence-electron chi connectivity index (χ1n) is 7.36. The summed E-state index contributed by atoms with van der Waals surface area (Å²) in [6.45, 7) is 1.81. The fourth-order valence-electron chi connectivity index (χ4n) is 1.96. The molecule has 0 aromatic heterocycles. The summed E-state index contributed by atoms with van der Waals surface area (Å²) >= 11 is 0. The van der Waals surface area contributed by atoms with Gasteiger partial charge in [-0.15, -0.1) is 0 Å². The molecule has 0 atom stereocenters. The molecular formula is C18H20N2O4. The van der Waals surface area contributed by atoms with Crippen molar-refractivity contribution in [1.29, 1.82) is 0 Å². The van der Waals surface area contributed by atoms with E-state index in [2.05, 4.69) is 10.5 Å². The topological polar surface area (TPSA) is 69.2 Å². The molecule has 0 bridgehead atoms. The van der Waals surface area contributed by atoms with Crippen LogP contribution in [-0.2, 0) is 9.63 Å². The van der Waals surface area contributed by atoms with E-state index in [4.69, 9.17) is 14.3 Å². The normalized spacial score (nSPS) is 10.5. The highest BCUT2D eigenvalue weighted by molar-refractivity contribution is 5.91. The quantitative estimate of drug-likeness (QED) is 0.626. The number of carbonyl (C=O) groups excluding carboxylic acids is 1. The summed E-state index contributed by atoms with van der Waals surface area (Å²) in [7, 11) is 3.13. The van der Waals surface area contributed by atoms with Crippen molar-refractivity contribution in [2.75, 3.05) is 26.1 Å². The molecular weight excluding hydrogens is 308 g/mol. The second kappa shape index (κ2) is 8.57. The standard InChI is InChI=1S/C18H20N2O4/c1-13-4-7-15(8-5-13)20-18(21)12-24-19-11-14-6-9-16(22-2)17(10-14)23-3/h4-11H,12H2,1-3H3,(H,20,21)/b19-11+. The maximum atomic E-state index is 11.7. The summed E-state index contributed by atoms with van der Waals surface area (Å²) in [6.07, 6.45) is 1.50. The molecule has 0 heterocycles. The summed E-state index contributed by atoms with van der Waals surface area (Å²) in [4.78, 5) is 16.8. The van der Waals surface area contributed by atoms with E-state index in [1.807, 2.05) is 31.2 Å². The van der Waals surface area contributed by atoms with Crippen molar-refractivity contribution >= 4 is 17.8 Å². The smallest absolute Gasteiger partial charge is 0.265 e. The molecule has 0 aliphatic carbocycles. The van der Waals surface area contributed by atoms with Gasteiger partial charge in [0, 0.05) is 11.3 Å². The first-order valence-corrected chi connectivity index (χ1v) is 7.36. The number of nitrogens with zero attached hydrogens (tertiary/aromatic N) is 1. The number of benzene rings is 2. The largest absolute Gasteiger partial charge is 0.493 e. The molecule has 6 nitrogen and oxygen atoms in total. The number of aryl methyl sites for hydroxylation is 1. The predicted molar refractivity (Wildman–Crippen MR) is 92.9 cm³/mol. The van der Waals surface area contributed by atoms with Crippen molar-refractivity contribution in [2.24, 2.45) is 5.16 Å². The zero-order chi connectivity index (χ0) is 17.4. The molecule has 2 rings (SSSR count). The number of amides is 1. The number of rotatable bonds is 7. The molecule has 0 fully saturated rings. The third kappa shape index (κ3) is 5.01. The van der Waals surface area contributed by atoms with Gasteiger partial charge in [0.05, 0.1) is 20.4 Å². The van der Waals surface area contributed by atoms with Crippen LogP contribution in [0.25, 0.3) is 0 Å². The molecule has 6 heteroatoms. The Balaban J connectivity index is 1.83. The van der Waals surface area contributed by atoms with Crippen molar-refractivity contribution in [2.45, 2.75) is 6.92 Å². The SMILES string of the molecule is COc1ccc(/C=N/OCC(=O)Nc2ccc(C)cc2)cc1OC. The Morgan fingerprint density at radius 2 is 1.79 bits per heavy atom. The van der Waals surface area contributed by atoms with Crippen LogP contribution in [0, 0.1) is 6.92 Å². The minimum Gasteiger partial charge on any atom is -0.493 e. The zero-order valence-electron chi connectivity index (χ0n) is 13.9. The van der Waals surface area contributed by atoms with Gasteiger partial charge in [-0.3, -0.25) is 4.79 Å². The van der Waals surface area contributed by atoms with E-state index in [0.717, 1.165) is 16.8 Å². The Morgan fingerprint density at radius 3 is 2.46 bits per heavy atom. The van der Waals surface area contributed by atoms with E-state index in [-0.39, 0.29) is 12.5 Å². The summed E-state index contributed by atoms with van der Waals surface area (Å²) < 4.78 is 10.4. The van der Waals surface area contributed by atoms with Crippen LogP contribution in [0.1, 0.15) is 11.1 Å². The molecule has 0 radical (unpaired) electrons. The van der Waals surface area contributed by atoms with Crippen LogP contribution in [0.4, 0.5) is 5.69 Å². The van der Waals surface area contributed by atoms with E-state index >= 15 is 0 Å². The molecule has 0 unspecified atom stereocenters. The van der Waals surface area contributed by atoms with Crippen LogP contribution >= 0.6 is 0 Å². The van der Waals surface area contributed by atoms with Gasteiger partial charge in [-0.05, 0) is 37.3 Å². The van der Waals surface area contributed by atoms with Gasteiger partial charge in [-0.1, -0.05) is 22.9 Å². The Labute approximate surface area is 141 Å². The Morgan fingerprint density at radius 1 is 1.08 bits per heavy atom. The number of carbonyl (C=O) groups is 1. The van der Waals surface area contributed by atoms with Crippen molar-refractivity contribution < 1.29 is 19.1 Å². The number of anilines is 1. The van der Waals surface area contributed by atoms with Gasteiger partial charge in [0.25, 0.3) is 5.91 Å². The van der Waals surface area contributed by atoms with Gasteiger partial charge < -0.3 is 19.6 Å². The minimum atomic E-state index is -0.275. The monoisotopic (exact) mass is 328 g/mol. The van der Waals surface area contributed by atoms with Crippen LogP contribution < -0.4 is 14.8 Å². The fraction of sp³-hybridized carbons (Fsp3) is 0.222. The van der Waals surface area contributed by atoms with Crippen LogP contribution in [0.5, 0.6) is 11.5 Å². The van der Waals surface area contributed by atoms with Gasteiger partial charge in [0.15, 0.2) is 18.1 Å². The summed E-state index contributed by atoms with van der Waals surface area (Å²) in [5.41, 5.74) is 2.62. The molecule has 1 amide bonds. The van der Waals surface area contributed by atoms with E-state index in [0.29, 0.717) is 11.5 Å². The lowest BCUT2D eigenvalue weighted by atomic mass is 10.2. The molecule has 24 heavy (non-hydrogen) atoms. The Bertz CT molecular complexity index is 711. The van der Waals surface area contributed by atoms with Crippen LogP contribution in [0.2, 0.25) is 0 Å². The average Bonchev–Trinajstić information content (AvgIpc) is 2.60. The van der Waals surface area contributed by atoms with Crippen molar-refractivity contribution in [3.05, 3.63) is 53.6 Å². The molecule has 2 aromatic rings. The molecule has 0 aliphatic rings. The van der Waals surface area contributed by atoms with Crippen molar-refractivity contribution in [1.82, 2.24) is 0 Å². The maximum absolute atomic E-state index is 11.7. The van der Waals surface area contributed by atoms with E-state index in [1.165, 1.54) is 6.21 Å². The highest BCUT2D eigenvalue weighted by Gasteiger charge is 2.04. The first-order chi connectivity index (χ1) is 11.6. The average molecular weight is 328 g/mol. The van der Waals surface area contributed by atoms with Gasteiger partial charge in [0.2, 0.25) is 0 Å². The van der Waals surface area contributed by atoms with Gasteiger partial charge >= 0.3 is 0 Å². The van der Waals surface area contributed by atoms with Gasteiger partial charge in [-0.25, -0.2) is 0 Å². The van der Waals surface area contributed by atoms with Crippen LogP contribution in [0.3, 0.4) is 0 Å². The van der Waals surface area contributed by atoms with Gasteiger partial charge in [-0.2, -0.15) is 0 Å². The fourth-order valence-corrected chi connectivity index (χ4v) is 1.96. The number of nitrogens with one attached hydrogen (secondary N) is 1. The van der Waals surface area contributed by atoms with E-state index in [1.54, 1.807) is 32.4 Å². The number of methoxy groups -OCH3 is 2. The van der Waals surface area contributed by atoms with Crippen LogP contribution in [0.15, 0.2) is 47.6 Å². The Hall–Kier alpha value is -3.02. The molecule has 0 saturated heterocycles. The molecule has 126 valence electrons. The summed E-state index contributed by atoms with van der Waals surface area (Å²) in [6, 6.07) is 12.8. The lowest BCUT2D eigenvalue weighted by Crippen LogP contribution is -2.16. The first kappa shape index (κ1) is 17.3. The van der Waals surface area contributed by atoms with Crippen LogP contribution in [-0.4, -0.2) is 32.9 Å². The molecule has 1 N–H and O–H groups in total. The molecule has 2 aromatic carbocycles. The van der Waals surface area contributed by atoms with E-state index in [9.17, 15) is 4.79 Å². The third-order valence-electron chi connectivity index (χ3n) is 3.21. The molecule has 0 saturated carbocycles. The lowest BCUT2D eigenvalue weighted by Gasteiger charge is -2.07. The minimum absolute atomic E-state index is 0.169. The van der Waals surface area contributed by atoms with Crippen molar-refractivity contribution in [3.63, 3.8) is 0 Å². The molecule has 0 spiro atoms. The summed E-state index contributed by atoms with van der Waals surface area (Å²) in [5, 5.41) is 6.51. The number of hydrogen-bond acceptors (Lipinski definition) is 5.